The number of amides is 4. The lowest BCUT2D eigenvalue weighted by molar-refractivity contribution is -0.132. The molecule has 1 aliphatic carbocycles. The Hall–Kier alpha value is -2.69. The molecule has 0 radical (unpaired) electrons. The average Bonchev–Trinajstić information content (AvgIpc) is 2.96. The summed E-state index contributed by atoms with van der Waals surface area (Å²) in [5.74, 6) is -0.486. The number of hydrogen-bond acceptors (Lipinski definition) is 6. The number of rotatable bonds is 13. The molecule has 0 aromatic heterocycles. The molecule has 1 heterocycles. The summed E-state index contributed by atoms with van der Waals surface area (Å²) in [7, 11) is 0. The molecule has 4 atom stereocenters. The van der Waals surface area contributed by atoms with Gasteiger partial charge in [-0.15, -0.1) is 0 Å². The molecule has 2 fully saturated rings. The van der Waals surface area contributed by atoms with Crippen LogP contribution in [0.2, 0.25) is 0 Å². The number of nitrogens with one attached hydrogen (secondary N) is 3. The van der Waals surface area contributed by atoms with E-state index in [1.54, 1.807) is 4.90 Å². The van der Waals surface area contributed by atoms with Gasteiger partial charge in [-0.25, -0.2) is 4.79 Å². The van der Waals surface area contributed by atoms with Crippen molar-refractivity contribution in [2.45, 2.75) is 127 Å². The predicted molar refractivity (Wildman–Crippen MR) is 164 cm³/mol. The summed E-state index contributed by atoms with van der Waals surface area (Å²) in [4.78, 5) is 42.1. The second-order valence-electron chi connectivity index (χ2n) is 12.8. The molecule has 4 amide bonds. The van der Waals surface area contributed by atoms with Crippen molar-refractivity contribution in [3.63, 3.8) is 0 Å². The lowest BCUT2D eigenvalue weighted by atomic mass is 9.81. The van der Waals surface area contributed by atoms with Crippen LogP contribution in [0.3, 0.4) is 0 Å². The van der Waals surface area contributed by atoms with Crippen LogP contribution < -0.4 is 21.7 Å². The van der Waals surface area contributed by atoms with Crippen LogP contribution in [0.5, 0.6) is 0 Å². The Morgan fingerprint density at radius 3 is 2.17 bits per heavy atom. The van der Waals surface area contributed by atoms with E-state index in [2.05, 4.69) is 16.0 Å². The number of aliphatic hydroxyl groups is 2. The number of urea groups is 1. The van der Waals surface area contributed by atoms with Gasteiger partial charge in [-0.2, -0.15) is 0 Å². The van der Waals surface area contributed by atoms with Crippen molar-refractivity contribution < 1.29 is 24.6 Å². The predicted octanol–water partition coefficient (Wildman–Crippen LogP) is 2.60. The van der Waals surface area contributed by atoms with Gasteiger partial charge in [0.15, 0.2) is 0 Å². The fraction of sp³-hybridized carbons (Fsp3) is 0.719. The Morgan fingerprint density at radius 1 is 0.952 bits per heavy atom. The number of nitrogens with two attached hydrogens (primary N) is 1. The number of carbonyl (C=O) groups excluding carboxylic acids is 3. The minimum atomic E-state index is -1.40. The van der Waals surface area contributed by atoms with Crippen LogP contribution in [-0.4, -0.2) is 81.9 Å². The van der Waals surface area contributed by atoms with Crippen molar-refractivity contribution in [3.05, 3.63) is 35.9 Å². The highest BCUT2D eigenvalue weighted by Gasteiger charge is 2.37. The summed E-state index contributed by atoms with van der Waals surface area (Å²) in [6, 6.07) is 6.81. The van der Waals surface area contributed by atoms with Gasteiger partial charge < -0.3 is 36.8 Å². The smallest absolute Gasteiger partial charge is 0.318 e. The van der Waals surface area contributed by atoms with E-state index in [-0.39, 0.29) is 18.5 Å². The van der Waals surface area contributed by atoms with Crippen LogP contribution in [-0.2, 0) is 16.0 Å². The van der Waals surface area contributed by atoms with Gasteiger partial charge in [0.2, 0.25) is 11.8 Å². The summed E-state index contributed by atoms with van der Waals surface area (Å²) < 4.78 is 0. The number of hydrogen-bond donors (Lipinski definition) is 6. The fourth-order valence-corrected chi connectivity index (χ4v) is 6.06. The molecule has 7 N–H and O–H groups in total. The minimum Gasteiger partial charge on any atom is -0.388 e. The maximum Gasteiger partial charge on any atom is 0.318 e. The Bertz CT molecular complexity index is 987. The Balaban J connectivity index is 1.73. The third-order valence-electron chi connectivity index (χ3n) is 8.68. The van der Waals surface area contributed by atoms with Gasteiger partial charge in [0.05, 0.1) is 11.6 Å². The molecule has 1 aliphatic heterocycles. The van der Waals surface area contributed by atoms with Crippen LogP contribution in [0.15, 0.2) is 30.3 Å². The van der Waals surface area contributed by atoms with Crippen LogP contribution >= 0.6 is 0 Å². The van der Waals surface area contributed by atoms with Crippen LogP contribution in [0.1, 0.15) is 90.5 Å². The minimum absolute atomic E-state index is 0.0719. The van der Waals surface area contributed by atoms with E-state index in [1.807, 2.05) is 37.3 Å². The third kappa shape index (κ3) is 10.5. The maximum atomic E-state index is 13.7. The van der Waals surface area contributed by atoms with Gasteiger partial charge in [0.1, 0.15) is 18.2 Å². The summed E-state index contributed by atoms with van der Waals surface area (Å²) >= 11 is 0. The second kappa shape index (κ2) is 16.2. The number of benzene rings is 1. The zero-order valence-electron chi connectivity index (χ0n) is 25.7. The number of piperidine rings is 1. The number of likely N-dealkylation sites (tertiary alicyclic amines) is 1. The SMILES string of the molecule is CCC[C@H](NC(=O)[C@H](Cc1ccccc1)NC(=O)N1CCC(N)CC1)C(=O)N[C@@H](CC1CCCCC1)[C@H](O)C(C)(C)O. The maximum absolute atomic E-state index is 13.7. The van der Waals surface area contributed by atoms with Crippen molar-refractivity contribution >= 4 is 17.8 Å². The van der Waals surface area contributed by atoms with Crippen molar-refractivity contribution in [1.82, 2.24) is 20.9 Å². The van der Waals surface area contributed by atoms with Crippen LogP contribution in [0.4, 0.5) is 4.79 Å². The third-order valence-corrected chi connectivity index (χ3v) is 8.68. The first-order valence-electron chi connectivity index (χ1n) is 15.8. The molecule has 0 unspecified atom stereocenters. The Kier molecular flexibility index (Phi) is 13.1. The van der Waals surface area contributed by atoms with Crippen molar-refractivity contribution in [2.75, 3.05) is 13.1 Å². The normalized spacial score (nSPS) is 19.8. The lowest BCUT2D eigenvalue weighted by Gasteiger charge is -2.36. The highest BCUT2D eigenvalue weighted by Crippen LogP contribution is 2.29. The summed E-state index contributed by atoms with van der Waals surface area (Å²) in [5, 5.41) is 30.3. The second-order valence-corrected chi connectivity index (χ2v) is 12.8. The van der Waals surface area contributed by atoms with Gasteiger partial charge in [-0.3, -0.25) is 9.59 Å². The van der Waals surface area contributed by atoms with Crippen molar-refractivity contribution in [2.24, 2.45) is 11.7 Å². The highest BCUT2D eigenvalue weighted by atomic mass is 16.3. The molecule has 42 heavy (non-hydrogen) atoms. The Labute approximate surface area is 251 Å². The largest absolute Gasteiger partial charge is 0.388 e. The van der Waals surface area contributed by atoms with Crippen LogP contribution in [0.25, 0.3) is 0 Å². The molecule has 3 rings (SSSR count). The topological polar surface area (TPSA) is 157 Å². The zero-order valence-corrected chi connectivity index (χ0v) is 25.7. The molecule has 1 aromatic carbocycles. The molecular formula is C32H53N5O5. The summed E-state index contributed by atoms with van der Waals surface area (Å²) in [6.07, 6.45) is 7.63. The summed E-state index contributed by atoms with van der Waals surface area (Å²) in [6.45, 7) is 6.06. The monoisotopic (exact) mass is 587 g/mol. The molecule has 0 spiro atoms. The van der Waals surface area contributed by atoms with E-state index in [1.165, 1.54) is 20.3 Å². The van der Waals surface area contributed by atoms with Gasteiger partial charge in [0, 0.05) is 25.6 Å². The number of aliphatic hydroxyl groups excluding tert-OH is 1. The number of carbonyl (C=O) groups is 3. The zero-order chi connectivity index (χ0) is 30.7. The molecular weight excluding hydrogens is 534 g/mol. The fourth-order valence-electron chi connectivity index (χ4n) is 6.06. The van der Waals surface area contributed by atoms with Crippen molar-refractivity contribution in [3.8, 4) is 0 Å². The number of nitrogens with zero attached hydrogens (tertiary/aromatic N) is 1. The lowest BCUT2D eigenvalue weighted by Crippen LogP contribution is -2.59. The molecule has 1 aromatic rings. The van der Waals surface area contributed by atoms with Gasteiger partial charge in [-0.1, -0.05) is 75.8 Å². The van der Waals surface area contributed by atoms with Gasteiger partial charge in [0.25, 0.3) is 0 Å². The van der Waals surface area contributed by atoms with E-state index < -0.39 is 41.6 Å². The van der Waals surface area contributed by atoms with Crippen molar-refractivity contribution in [1.29, 1.82) is 0 Å². The molecule has 1 saturated carbocycles. The quantitative estimate of drug-likeness (QED) is 0.208. The summed E-state index contributed by atoms with van der Waals surface area (Å²) in [5.41, 5.74) is 5.48. The molecule has 2 aliphatic rings. The van der Waals surface area contributed by atoms with E-state index >= 15 is 0 Å². The first-order valence-corrected chi connectivity index (χ1v) is 15.8. The first-order chi connectivity index (χ1) is 20.0. The first kappa shape index (κ1) is 33.8. The molecule has 10 nitrogen and oxygen atoms in total. The van der Waals surface area contributed by atoms with Gasteiger partial charge >= 0.3 is 6.03 Å². The highest BCUT2D eigenvalue weighted by molar-refractivity contribution is 5.92. The molecule has 236 valence electrons. The average molecular weight is 588 g/mol. The van der Waals surface area contributed by atoms with E-state index in [4.69, 9.17) is 5.73 Å². The standard InChI is InChI=1S/C32H53N5O5/c1-4-11-25(29(39)35-26(28(38)32(2,3)42)20-22-12-7-5-8-13-22)34-30(40)27(21-23-14-9-6-10-15-23)36-31(41)37-18-16-24(33)17-19-37/h6,9-10,14-15,22,24-28,38,42H,4-5,7-8,11-13,16-21,33H2,1-3H3,(H,34,40)(H,35,39)(H,36,41)/t25-,26-,27-,28-/m0/s1. The molecule has 10 heteroatoms. The van der Waals surface area contributed by atoms with Gasteiger partial charge in [-0.05, 0) is 51.0 Å². The van der Waals surface area contributed by atoms with E-state index in [0.29, 0.717) is 51.1 Å². The van der Waals surface area contributed by atoms with Crippen LogP contribution in [0, 0.1) is 5.92 Å². The molecule has 1 saturated heterocycles. The molecule has 0 bridgehead atoms. The van der Waals surface area contributed by atoms with E-state index in [0.717, 1.165) is 31.2 Å². The Morgan fingerprint density at radius 2 is 1.57 bits per heavy atom. The van der Waals surface area contributed by atoms with E-state index in [9.17, 15) is 24.6 Å².